The van der Waals surface area contributed by atoms with Crippen LogP contribution in [0.25, 0.3) is 0 Å². The van der Waals surface area contributed by atoms with Gasteiger partial charge in [0.25, 0.3) is 0 Å². The minimum Gasteiger partial charge on any atom is -0.357 e. The Balaban J connectivity index is 0.00000300. The van der Waals surface area contributed by atoms with E-state index in [4.69, 9.17) is 4.99 Å². The van der Waals surface area contributed by atoms with Gasteiger partial charge in [-0.25, -0.2) is 0 Å². The Kier molecular flexibility index (Phi) is 10.7. The van der Waals surface area contributed by atoms with Gasteiger partial charge in [0.1, 0.15) is 0 Å². The molecule has 0 bridgehead atoms. The van der Waals surface area contributed by atoms with Crippen molar-refractivity contribution in [3.63, 3.8) is 0 Å². The van der Waals surface area contributed by atoms with Crippen LogP contribution in [0.4, 0.5) is 0 Å². The summed E-state index contributed by atoms with van der Waals surface area (Å²) in [5.41, 5.74) is 0.240. The molecule has 3 heterocycles. The van der Waals surface area contributed by atoms with Crippen LogP contribution in [0.2, 0.25) is 0 Å². The van der Waals surface area contributed by atoms with E-state index in [1.54, 1.807) is 0 Å². The van der Waals surface area contributed by atoms with E-state index in [9.17, 15) is 0 Å². The van der Waals surface area contributed by atoms with Gasteiger partial charge < -0.3 is 15.5 Å². The normalized spacial score (nSPS) is 20.8. The molecule has 0 amide bonds. The highest BCUT2D eigenvalue weighted by atomic mass is 127. The summed E-state index contributed by atoms with van der Waals surface area (Å²) in [4.78, 5) is 10.3. The van der Waals surface area contributed by atoms with Crippen molar-refractivity contribution in [2.24, 2.45) is 4.99 Å². The average Bonchev–Trinajstić information content (AvgIpc) is 3.25. The molecule has 2 fully saturated rings. The molecule has 1 aromatic rings. The summed E-state index contributed by atoms with van der Waals surface area (Å²) in [6.45, 7) is 10.6. The van der Waals surface area contributed by atoms with Gasteiger partial charge in [-0.1, -0.05) is 6.42 Å². The van der Waals surface area contributed by atoms with Crippen molar-refractivity contribution in [3.05, 3.63) is 18.5 Å². The van der Waals surface area contributed by atoms with Crippen molar-refractivity contribution in [2.75, 3.05) is 52.9 Å². The molecule has 2 aliphatic heterocycles. The van der Waals surface area contributed by atoms with Crippen molar-refractivity contribution in [3.8, 4) is 0 Å². The number of nitrogens with one attached hydrogen (secondary N) is 2. The maximum absolute atomic E-state index is 5.06. The monoisotopic (exact) mass is 517 g/mol. The first-order valence-corrected chi connectivity index (χ1v) is 11.1. The number of aryl methyl sites for hydroxylation is 1. The minimum absolute atomic E-state index is 0. The van der Waals surface area contributed by atoms with Gasteiger partial charge >= 0.3 is 0 Å². The Hall–Kier alpha value is -0.870. The zero-order chi connectivity index (χ0) is 19.7. The first-order valence-electron chi connectivity index (χ1n) is 11.1. The Labute approximate surface area is 193 Å². The second-order valence-corrected chi connectivity index (χ2v) is 8.32. The topological polar surface area (TPSA) is 60.7 Å². The van der Waals surface area contributed by atoms with Crippen molar-refractivity contribution in [1.29, 1.82) is 0 Å². The van der Waals surface area contributed by atoms with Crippen LogP contribution in [0, 0.1) is 0 Å². The molecule has 7 nitrogen and oxygen atoms in total. The van der Waals surface area contributed by atoms with E-state index in [0.29, 0.717) is 0 Å². The number of guanidine groups is 1. The highest BCUT2D eigenvalue weighted by molar-refractivity contribution is 14.0. The molecule has 29 heavy (non-hydrogen) atoms. The molecule has 2 aliphatic rings. The Morgan fingerprint density at radius 2 is 1.86 bits per heavy atom. The molecule has 2 N–H and O–H groups in total. The second kappa shape index (κ2) is 12.7. The van der Waals surface area contributed by atoms with Gasteiger partial charge in [-0.15, -0.1) is 24.0 Å². The molecule has 0 saturated carbocycles. The molecule has 0 atom stereocenters. The van der Waals surface area contributed by atoms with Crippen molar-refractivity contribution >= 4 is 29.9 Å². The highest BCUT2D eigenvalue weighted by Gasteiger charge is 2.39. The third-order valence-corrected chi connectivity index (χ3v) is 6.24. The lowest BCUT2D eigenvalue weighted by Crippen LogP contribution is -2.58. The van der Waals surface area contributed by atoms with Gasteiger partial charge in [-0.3, -0.25) is 14.6 Å². The fraction of sp³-hybridized carbons (Fsp3) is 0.810. The second-order valence-electron chi connectivity index (χ2n) is 8.32. The molecule has 8 heteroatoms. The predicted octanol–water partition coefficient (Wildman–Crippen LogP) is 2.40. The lowest BCUT2D eigenvalue weighted by molar-refractivity contribution is 0.0208. The molecule has 0 spiro atoms. The molecule has 0 aliphatic carbocycles. The fourth-order valence-corrected chi connectivity index (χ4v) is 4.43. The average molecular weight is 518 g/mol. The number of hydrogen-bond acceptors (Lipinski definition) is 4. The predicted molar refractivity (Wildman–Crippen MR) is 131 cm³/mol. The third-order valence-electron chi connectivity index (χ3n) is 6.24. The van der Waals surface area contributed by atoms with E-state index in [0.717, 1.165) is 38.6 Å². The largest absolute Gasteiger partial charge is 0.357 e. The number of halogens is 1. The van der Waals surface area contributed by atoms with Crippen molar-refractivity contribution in [2.45, 2.75) is 57.5 Å². The van der Waals surface area contributed by atoms with Gasteiger partial charge in [0, 0.05) is 37.6 Å². The molecular formula is C21H40IN7. The van der Waals surface area contributed by atoms with Gasteiger partial charge in [-0.2, -0.15) is 5.10 Å². The summed E-state index contributed by atoms with van der Waals surface area (Å²) >= 11 is 0. The van der Waals surface area contributed by atoms with Crippen LogP contribution < -0.4 is 10.6 Å². The van der Waals surface area contributed by atoms with Crippen LogP contribution in [0.1, 0.15) is 45.4 Å². The van der Waals surface area contributed by atoms with Gasteiger partial charge in [0.05, 0.1) is 6.54 Å². The fourth-order valence-electron chi connectivity index (χ4n) is 4.43. The number of rotatable bonds is 8. The first kappa shape index (κ1) is 24.4. The minimum atomic E-state index is 0. The summed E-state index contributed by atoms with van der Waals surface area (Å²) in [5, 5.41) is 11.2. The maximum atomic E-state index is 5.06. The molecule has 0 aromatic carbocycles. The zero-order valence-electron chi connectivity index (χ0n) is 18.3. The van der Waals surface area contributed by atoms with E-state index in [2.05, 4.69) is 39.5 Å². The van der Waals surface area contributed by atoms with E-state index < -0.39 is 0 Å². The lowest BCUT2D eigenvalue weighted by Gasteiger charge is -2.49. The number of nitrogens with zero attached hydrogens (tertiary/aromatic N) is 5. The highest BCUT2D eigenvalue weighted by Crippen LogP contribution is 2.31. The third kappa shape index (κ3) is 7.40. The molecule has 2 saturated heterocycles. The van der Waals surface area contributed by atoms with Crippen molar-refractivity contribution < 1.29 is 0 Å². The molecule has 0 radical (unpaired) electrons. The van der Waals surface area contributed by atoms with E-state index in [1.165, 1.54) is 58.3 Å². The van der Waals surface area contributed by atoms with Crippen LogP contribution >= 0.6 is 24.0 Å². The van der Waals surface area contributed by atoms with Crippen LogP contribution in [-0.4, -0.2) is 83.9 Å². The molecule has 1 aromatic heterocycles. The Bertz CT molecular complexity index is 576. The summed E-state index contributed by atoms with van der Waals surface area (Å²) in [7, 11) is 2.24. The van der Waals surface area contributed by atoms with Gasteiger partial charge in [0.15, 0.2) is 5.96 Å². The molecular weight excluding hydrogens is 477 g/mol. The van der Waals surface area contributed by atoms with E-state index in [-0.39, 0.29) is 29.5 Å². The molecule has 0 unspecified atom stereocenters. The summed E-state index contributed by atoms with van der Waals surface area (Å²) in [6, 6.07) is 1.97. The SMILES string of the molecule is CCNC(=NCC1(N2CCCCC2)CCN(C)CC1)NCCCn1cccn1.I. The van der Waals surface area contributed by atoms with Crippen molar-refractivity contribution in [1.82, 2.24) is 30.2 Å². The van der Waals surface area contributed by atoms with Gasteiger partial charge in [-0.05, 0) is 78.3 Å². The van der Waals surface area contributed by atoms with Crippen LogP contribution in [0.5, 0.6) is 0 Å². The Morgan fingerprint density at radius 3 is 2.52 bits per heavy atom. The van der Waals surface area contributed by atoms with Crippen LogP contribution in [-0.2, 0) is 6.54 Å². The number of likely N-dealkylation sites (tertiary alicyclic amines) is 2. The first-order chi connectivity index (χ1) is 13.7. The maximum Gasteiger partial charge on any atom is 0.191 e. The quantitative estimate of drug-likeness (QED) is 0.240. The smallest absolute Gasteiger partial charge is 0.191 e. The molecule has 3 rings (SSSR count). The molecule has 166 valence electrons. The number of piperidine rings is 2. The van der Waals surface area contributed by atoms with E-state index >= 15 is 0 Å². The van der Waals surface area contributed by atoms with E-state index in [1.807, 2.05) is 23.1 Å². The number of aliphatic imine (C=N–C) groups is 1. The number of hydrogen-bond donors (Lipinski definition) is 2. The summed E-state index contributed by atoms with van der Waals surface area (Å²) < 4.78 is 1.98. The standard InChI is InChI=1S/C21H39N7.HI/c1-3-22-20(23-11-7-15-28-16-8-12-25-28)24-19-21(9-17-26(2)18-10-21)27-13-5-4-6-14-27;/h8,12,16H,3-7,9-11,13-15,17-19H2,1-2H3,(H2,22,23,24);1H. The zero-order valence-corrected chi connectivity index (χ0v) is 20.6. The van der Waals surface area contributed by atoms with Crippen LogP contribution in [0.15, 0.2) is 23.5 Å². The lowest BCUT2D eigenvalue weighted by atomic mass is 9.84. The van der Waals surface area contributed by atoms with Gasteiger partial charge in [0.2, 0.25) is 0 Å². The summed E-state index contributed by atoms with van der Waals surface area (Å²) in [6.07, 6.45) is 11.4. The van der Waals surface area contributed by atoms with Crippen LogP contribution in [0.3, 0.4) is 0 Å². The summed E-state index contributed by atoms with van der Waals surface area (Å²) in [5.74, 6) is 0.957. The Morgan fingerprint density at radius 1 is 1.10 bits per heavy atom. The number of aromatic nitrogens is 2.